The molecule has 1 aliphatic rings. The maximum atomic E-state index is 6.15. The number of rotatable bonds is 4. The average molecular weight is 318 g/mol. The Morgan fingerprint density at radius 1 is 0.905 bits per heavy atom. The first kappa shape index (κ1) is 14.6. The molecule has 0 amide bonds. The first-order valence-corrected chi connectivity index (χ1v) is 7.97. The highest BCUT2D eigenvalue weighted by atomic mass is 35.5. The van der Waals surface area contributed by atoms with Gasteiger partial charge in [-0.2, -0.15) is 0 Å². The third-order valence-electron chi connectivity index (χ3n) is 3.88. The smallest absolute Gasteiger partial charge is 0.0607 e. The van der Waals surface area contributed by atoms with Crippen LogP contribution in [0.2, 0.25) is 0 Å². The van der Waals surface area contributed by atoms with Crippen LogP contribution in [0.5, 0.6) is 0 Å². The Morgan fingerprint density at radius 2 is 1.38 bits per heavy atom. The van der Waals surface area contributed by atoms with E-state index in [-0.39, 0.29) is 6.04 Å². The number of hydrogen-bond acceptors (Lipinski definition) is 1. The highest BCUT2D eigenvalue weighted by Gasteiger charge is 2.31. The van der Waals surface area contributed by atoms with E-state index in [1.807, 2.05) is 0 Å². The molecule has 0 spiro atoms. The summed E-state index contributed by atoms with van der Waals surface area (Å²) in [6, 6.07) is 21.5. The SMILES string of the molecule is ClCC(Cl)=C1CN(C(c2ccccc2)c2ccccc2)C1. The van der Waals surface area contributed by atoms with E-state index in [4.69, 9.17) is 23.2 Å². The van der Waals surface area contributed by atoms with Gasteiger partial charge in [0.15, 0.2) is 0 Å². The van der Waals surface area contributed by atoms with Crippen LogP contribution in [0.3, 0.4) is 0 Å². The predicted octanol–water partition coefficient (Wildman–Crippen LogP) is 4.82. The number of allylic oxidation sites excluding steroid dienone is 1. The molecule has 2 aromatic rings. The van der Waals surface area contributed by atoms with E-state index in [9.17, 15) is 0 Å². The Labute approximate surface area is 135 Å². The molecule has 2 aromatic carbocycles. The summed E-state index contributed by atoms with van der Waals surface area (Å²) < 4.78 is 0. The van der Waals surface area contributed by atoms with Gasteiger partial charge in [0.2, 0.25) is 0 Å². The van der Waals surface area contributed by atoms with Crippen LogP contribution in [0.15, 0.2) is 71.3 Å². The van der Waals surface area contributed by atoms with Crippen molar-refractivity contribution in [2.45, 2.75) is 6.04 Å². The maximum Gasteiger partial charge on any atom is 0.0607 e. The van der Waals surface area contributed by atoms with Crippen molar-refractivity contribution in [3.63, 3.8) is 0 Å². The average Bonchev–Trinajstić information content (AvgIpc) is 2.51. The monoisotopic (exact) mass is 317 g/mol. The molecule has 3 heteroatoms. The molecule has 0 N–H and O–H groups in total. The summed E-state index contributed by atoms with van der Waals surface area (Å²) >= 11 is 12.0. The van der Waals surface area contributed by atoms with E-state index < -0.39 is 0 Å². The van der Waals surface area contributed by atoms with Gasteiger partial charge in [-0.15, -0.1) is 11.6 Å². The van der Waals surface area contributed by atoms with E-state index in [0.717, 1.165) is 18.1 Å². The van der Waals surface area contributed by atoms with Crippen molar-refractivity contribution in [3.05, 3.63) is 82.4 Å². The molecule has 0 aromatic heterocycles. The quantitative estimate of drug-likeness (QED) is 0.730. The molecular formula is C18H17Cl2N. The van der Waals surface area contributed by atoms with Crippen molar-refractivity contribution in [2.75, 3.05) is 19.0 Å². The van der Waals surface area contributed by atoms with E-state index in [1.165, 1.54) is 16.7 Å². The Hall–Kier alpha value is -1.28. The Balaban J connectivity index is 1.89. The third kappa shape index (κ3) is 3.16. The second-order valence-corrected chi connectivity index (χ2v) is 5.99. The summed E-state index contributed by atoms with van der Waals surface area (Å²) in [7, 11) is 0. The lowest BCUT2D eigenvalue weighted by atomic mass is 9.93. The normalized spacial score (nSPS) is 15.1. The van der Waals surface area contributed by atoms with Crippen LogP contribution in [0.1, 0.15) is 17.2 Å². The summed E-state index contributed by atoms with van der Waals surface area (Å²) in [5, 5.41) is 0.799. The minimum atomic E-state index is 0.274. The van der Waals surface area contributed by atoms with E-state index in [0.29, 0.717) is 5.88 Å². The van der Waals surface area contributed by atoms with Crippen LogP contribution >= 0.6 is 23.2 Å². The van der Waals surface area contributed by atoms with Gasteiger partial charge >= 0.3 is 0 Å². The van der Waals surface area contributed by atoms with Crippen LogP contribution in [0.25, 0.3) is 0 Å². The fraction of sp³-hybridized carbons (Fsp3) is 0.222. The van der Waals surface area contributed by atoms with Crippen LogP contribution in [-0.4, -0.2) is 23.9 Å². The fourth-order valence-electron chi connectivity index (χ4n) is 2.78. The molecule has 0 atom stereocenters. The molecule has 0 aliphatic carbocycles. The zero-order valence-corrected chi connectivity index (χ0v) is 13.2. The van der Waals surface area contributed by atoms with Crippen molar-refractivity contribution >= 4 is 23.2 Å². The molecule has 0 unspecified atom stereocenters. The summed E-state index contributed by atoms with van der Waals surface area (Å²) in [5.74, 6) is 0.409. The number of halogens is 2. The molecule has 21 heavy (non-hydrogen) atoms. The van der Waals surface area contributed by atoms with Crippen LogP contribution in [0, 0.1) is 0 Å². The van der Waals surface area contributed by atoms with Gasteiger partial charge in [-0.3, -0.25) is 4.90 Å². The van der Waals surface area contributed by atoms with Gasteiger partial charge in [0.25, 0.3) is 0 Å². The Kier molecular flexibility index (Phi) is 4.64. The second-order valence-electron chi connectivity index (χ2n) is 5.27. The molecule has 0 saturated carbocycles. The van der Waals surface area contributed by atoms with Crippen LogP contribution in [0.4, 0.5) is 0 Å². The molecule has 0 bridgehead atoms. The molecule has 108 valence electrons. The van der Waals surface area contributed by atoms with Crippen LogP contribution in [-0.2, 0) is 0 Å². The van der Waals surface area contributed by atoms with Gasteiger partial charge in [-0.25, -0.2) is 0 Å². The van der Waals surface area contributed by atoms with E-state index >= 15 is 0 Å². The largest absolute Gasteiger partial charge is 0.284 e. The maximum absolute atomic E-state index is 6.15. The molecule has 3 rings (SSSR count). The molecule has 1 nitrogen and oxygen atoms in total. The van der Waals surface area contributed by atoms with Gasteiger partial charge in [-0.1, -0.05) is 72.3 Å². The molecule has 1 saturated heterocycles. The van der Waals surface area contributed by atoms with Crippen molar-refractivity contribution in [2.24, 2.45) is 0 Å². The molecule has 1 heterocycles. The zero-order chi connectivity index (χ0) is 14.7. The van der Waals surface area contributed by atoms with Gasteiger partial charge in [0.1, 0.15) is 0 Å². The van der Waals surface area contributed by atoms with Gasteiger partial charge in [0, 0.05) is 18.1 Å². The second kappa shape index (κ2) is 6.65. The number of hydrogen-bond donors (Lipinski definition) is 0. The molecule has 1 aliphatic heterocycles. The standard InChI is InChI=1S/C18H17Cl2N/c19-11-17(20)16-12-21(13-16)18(14-7-3-1-4-8-14)15-9-5-2-6-10-15/h1-10,18H,11-13H2. The topological polar surface area (TPSA) is 3.24 Å². The predicted molar refractivity (Wildman–Crippen MR) is 89.9 cm³/mol. The minimum absolute atomic E-state index is 0.274. The number of alkyl halides is 1. The lowest BCUT2D eigenvalue weighted by Gasteiger charge is -2.41. The van der Waals surface area contributed by atoms with Crippen molar-refractivity contribution in [1.82, 2.24) is 4.90 Å². The Morgan fingerprint density at radius 3 is 1.81 bits per heavy atom. The summed E-state index contributed by atoms with van der Waals surface area (Å²) in [5.41, 5.74) is 3.87. The Bertz CT molecular complexity index is 575. The zero-order valence-electron chi connectivity index (χ0n) is 11.7. The highest BCUT2D eigenvalue weighted by molar-refractivity contribution is 6.36. The molecule has 0 radical (unpaired) electrons. The van der Waals surface area contributed by atoms with Gasteiger partial charge in [-0.05, 0) is 16.7 Å². The van der Waals surface area contributed by atoms with Crippen molar-refractivity contribution in [3.8, 4) is 0 Å². The molecule has 1 fully saturated rings. The molecular weight excluding hydrogens is 301 g/mol. The first-order chi connectivity index (χ1) is 10.3. The first-order valence-electron chi connectivity index (χ1n) is 7.06. The van der Waals surface area contributed by atoms with E-state index in [2.05, 4.69) is 65.6 Å². The summed E-state index contributed by atoms with van der Waals surface area (Å²) in [6.45, 7) is 1.78. The summed E-state index contributed by atoms with van der Waals surface area (Å²) in [4.78, 5) is 2.43. The fourth-order valence-corrected chi connectivity index (χ4v) is 3.09. The highest BCUT2D eigenvalue weighted by Crippen LogP contribution is 2.35. The lowest BCUT2D eigenvalue weighted by Crippen LogP contribution is -2.43. The van der Waals surface area contributed by atoms with Crippen molar-refractivity contribution in [1.29, 1.82) is 0 Å². The number of benzene rings is 2. The number of likely N-dealkylation sites (tertiary alicyclic amines) is 1. The van der Waals surface area contributed by atoms with Crippen LogP contribution < -0.4 is 0 Å². The number of nitrogens with zero attached hydrogens (tertiary/aromatic N) is 1. The lowest BCUT2D eigenvalue weighted by molar-refractivity contribution is 0.201. The minimum Gasteiger partial charge on any atom is -0.284 e. The third-order valence-corrected chi connectivity index (χ3v) is 4.69. The van der Waals surface area contributed by atoms with Crippen molar-refractivity contribution < 1.29 is 0 Å². The van der Waals surface area contributed by atoms with Gasteiger partial charge < -0.3 is 0 Å². The summed E-state index contributed by atoms with van der Waals surface area (Å²) in [6.07, 6.45) is 0. The van der Waals surface area contributed by atoms with Gasteiger partial charge in [0.05, 0.1) is 11.9 Å². The van der Waals surface area contributed by atoms with E-state index in [1.54, 1.807) is 0 Å².